The van der Waals surface area contributed by atoms with E-state index in [-0.39, 0.29) is 0 Å². The minimum absolute atomic E-state index is 0.458. The fourth-order valence-corrected chi connectivity index (χ4v) is 3.97. The van der Waals surface area contributed by atoms with Crippen LogP contribution in [0.2, 0.25) is 10.0 Å². The van der Waals surface area contributed by atoms with Crippen molar-refractivity contribution < 1.29 is 0 Å². The zero-order chi connectivity index (χ0) is 19.7. The highest BCUT2D eigenvalue weighted by Crippen LogP contribution is 2.37. The lowest BCUT2D eigenvalue weighted by atomic mass is 10.2. The highest BCUT2D eigenvalue weighted by molar-refractivity contribution is 7.00. The number of hydrogen-bond donors (Lipinski definition) is 2. The summed E-state index contributed by atoms with van der Waals surface area (Å²) >= 11 is 13.7. The first-order valence-electron chi connectivity index (χ1n) is 8.53. The van der Waals surface area contributed by atoms with Gasteiger partial charge in [-0.25, -0.2) is 9.97 Å². The smallest absolute Gasteiger partial charge is 0.139 e. The van der Waals surface area contributed by atoms with E-state index < -0.39 is 0 Å². The van der Waals surface area contributed by atoms with Gasteiger partial charge in [0.15, 0.2) is 0 Å². The monoisotopic (exact) mass is 430 g/mol. The Hall–Kier alpha value is -2.48. The van der Waals surface area contributed by atoms with Crippen LogP contribution in [0.1, 0.15) is 17.0 Å². The van der Waals surface area contributed by atoms with Crippen LogP contribution in [0.4, 0.5) is 17.3 Å². The summed E-state index contributed by atoms with van der Waals surface area (Å²) in [5.74, 6) is 2.06. The largest absolute Gasteiger partial charge is 0.366 e. The molecular formula is C19H16Cl2N6S. The predicted octanol–water partition coefficient (Wildman–Crippen LogP) is 5.76. The fourth-order valence-electron chi connectivity index (χ4n) is 2.82. The van der Waals surface area contributed by atoms with E-state index in [1.54, 1.807) is 6.07 Å². The Labute approximate surface area is 176 Å². The van der Waals surface area contributed by atoms with Gasteiger partial charge < -0.3 is 10.6 Å². The number of benzene rings is 2. The van der Waals surface area contributed by atoms with Crippen LogP contribution >= 0.6 is 34.9 Å². The minimum atomic E-state index is 0.458. The first-order chi connectivity index (χ1) is 13.5. The molecule has 0 radical (unpaired) electrons. The molecule has 0 aliphatic carbocycles. The summed E-state index contributed by atoms with van der Waals surface area (Å²) in [6.45, 7) is 4.47. The summed E-state index contributed by atoms with van der Waals surface area (Å²) in [7, 11) is 0. The summed E-state index contributed by atoms with van der Waals surface area (Å²) in [6, 6.07) is 11.8. The molecule has 2 heterocycles. The number of nitrogens with one attached hydrogen (secondary N) is 2. The number of aryl methyl sites for hydroxylation is 1. The minimum Gasteiger partial charge on any atom is -0.366 e. The lowest BCUT2D eigenvalue weighted by Gasteiger charge is -2.15. The summed E-state index contributed by atoms with van der Waals surface area (Å²) in [6.07, 6.45) is 0. The van der Waals surface area contributed by atoms with Gasteiger partial charge in [-0.3, -0.25) is 0 Å². The Morgan fingerprint density at radius 1 is 0.929 bits per heavy atom. The van der Waals surface area contributed by atoms with Crippen molar-refractivity contribution in [2.24, 2.45) is 0 Å². The van der Waals surface area contributed by atoms with Crippen molar-refractivity contribution in [3.63, 3.8) is 0 Å². The summed E-state index contributed by atoms with van der Waals surface area (Å²) < 4.78 is 8.56. The second-order valence-electron chi connectivity index (χ2n) is 6.23. The molecule has 2 aromatic heterocycles. The number of fused-ring (bicyclic) bond motifs is 1. The molecule has 28 heavy (non-hydrogen) atoms. The molecule has 142 valence electrons. The third-order valence-electron chi connectivity index (χ3n) is 4.25. The van der Waals surface area contributed by atoms with Crippen molar-refractivity contribution in [2.45, 2.75) is 20.4 Å². The van der Waals surface area contributed by atoms with Crippen molar-refractivity contribution in [3.8, 4) is 0 Å². The van der Waals surface area contributed by atoms with Crippen molar-refractivity contribution in [2.75, 3.05) is 10.6 Å². The zero-order valence-electron chi connectivity index (χ0n) is 15.1. The molecule has 0 atom stereocenters. The molecule has 0 saturated carbocycles. The van der Waals surface area contributed by atoms with E-state index in [4.69, 9.17) is 23.2 Å². The third kappa shape index (κ3) is 3.73. The van der Waals surface area contributed by atoms with Crippen LogP contribution in [0.25, 0.3) is 11.0 Å². The summed E-state index contributed by atoms with van der Waals surface area (Å²) in [5, 5.41) is 7.61. The molecule has 4 rings (SSSR count). The molecule has 0 spiro atoms. The Morgan fingerprint density at radius 2 is 1.64 bits per heavy atom. The van der Waals surface area contributed by atoms with Gasteiger partial charge in [-0.05, 0) is 25.5 Å². The topological polar surface area (TPSA) is 75.6 Å². The zero-order valence-corrected chi connectivity index (χ0v) is 17.5. The summed E-state index contributed by atoms with van der Waals surface area (Å²) in [4.78, 5) is 9.08. The van der Waals surface area contributed by atoms with Gasteiger partial charge >= 0.3 is 0 Å². The Kier molecular flexibility index (Phi) is 5.30. The standard InChI is InChI=1S/C19H16Cl2N6S/c1-10-18(22-9-12-6-4-3-5-7-12)23-11(2)24-19(10)25-15-13(20)8-14(21)16-17(15)27-28-26-16/h3-8H,9H2,1-2H3,(H2,22,23,24,25). The maximum absolute atomic E-state index is 6.42. The fraction of sp³-hybridized carbons (Fsp3) is 0.158. The van der Waals surface area contributed by atoms with E-state index in [2.05, 4.69) is 41.5 Å². The van der Waals surface area contributed by atoms with Gasteiger partial charge in [0, 0.05) is 12.1 Å². The summed E-state index contributed by atoms with van der Waals surface area (Å²) in [5.41, 5.74) is 3.92. The number of aromatic nitrogens is 4. The van der Waals surface area contributed by atoms with Crippen molar-refractivity contribution in [3.05, 3.63) is 63.4 Å². The van der Waals surface area contributed by atoms with E-state index >= 15 is 0 Å². The average molecular weight is 431 g/mol. The molecule has 2 N–H and O–H groups in total. The maximum Gasteiger partial charge on any atom is 0.139 e. The van der Waals surface area contributed by atoms with Crippen LogP contribution in [-0.2, 0) is 6.54 Å². The van der Waals surface area contributed by atoms with Crippen LogP contribution in [0, 0.1) is 13.8 Å². The molecule has 0 fully saturated rings. The van der Waals surface area contributed by atoms with E-state index in [1.165, 1.54) is 5.56 Å². The quantitative estimate of drug-likeness (QED) is 0.419. The molecule has 9 heteroatoms. The lowest BCUT2D eigenvalue weighted by molar-refractivity contribution is 1.01. The molecule has 0 aliphatic heterocycles. The van der Waals surface area contributed by atoms with Crippen LogP contribution in [0.5, 0.6) is 0 Å². The molecule has 0 bridgehead atoms. The van der Waals surface area contributed by atoms with Crippen molar-refractivity contribution in [1.29, 1.82) is 0 Å². The predicted molar refractivity (Wildman–Crippen MR) is 116 cm³/mol. The number of nitrogens with zero attached hydrogens (tertiary/aromatic N) is 4. The van der Waals surface area contributed by atoms with E-state index in [1.807, 2.05) is 32.0 Å². The molecule has 0 aliphatic rings. The Morgan fingerprint density at radius 3 is 2.43 bits per heavy atom. The molecule has 0 saturated heterocycles. The normalized spacial score (nSPS) is 11.0. The van der Waals surface area contributed by atoms with E-state index in [0.717, 1.165) is 23.1 Å². The highest BCUT2D eigenvalue weighted by Gasteiger charge is 2.17. The van der Waals surface area contributed by atoms with Crippen LogP contribution in [0.3, 0.4) is 0 Å². The number of hydrogen-bond acceptors (Lipinski definition) is 7. The van der Waals surface area contributed by atoms with Crippen molar-refractivity contribution >= 4 is 63.3 Å². The number of rotatable bonds is 5. The number of anilines is 3. The molecule has 6 nitrogen and oxygen atoms in total. The highest BCUT2D eigenvalue weighted by atomic mass is 35.5. The third-order valence-corrected chi connectivity index (χ3v) is 5.36. The van der Waals surface area contributed by atoms with Crippen molar-refractivity contribution in [1.82, 2.24) is 18.7 Å². The Bertz CT molecular complexity index is 1150. The second kappa shape index (κ2) is 7.87. The van der Waals surface area contributed by atoms with Gasteiger partial charge in [0.2, 0.25) is 0 Å². The average Bonchev–Trinajstić information content (AvgIpc) is 3.17. The number of halogens is 2. The van der Waals surface area contributed by atoms with Gasteiger partial charge in [0.25, 0.3) is 0 Å². The first kappa shape index (κ1) is 18.9. The molecule has 2 aromatic carbocycles. The first-order valence-corrected chi connectivity index (χ1v) is 10.0. The SMILES string of the molecule is Cc1nc(NCc2ccccc2)c(C)c(Nc2c(Cl)cc(Cl)c3nsnc23)n1. The molecule has 0 unspecified atom stereocenters. The van der Waals surface area contributed by atoms with Crippen LogP contribution < -0.4 is 10.6 Å². The van der Waals surface area contributed by atoms with Gasteiger partial charge in [0.05, 0.1) is 27.5 Å². The van der Waals surface area contributed by atoms with Gasteiger partial charge in [-0.15, -0.1) is 0 Å². The van der Waals surface area contributed by atoms with Gasteiger partial charge in [0.1, 0.15) is 28.5 Å². The molecule has 0 amide bonds. The second-order valence-corrected chi connectivity index (χ2v) is 7.58. The van der Waals surface area contributed by atoms with Gasteiger partial charge in [-0.1, -0.05) is 53.5 Å². The van der Waals surface area contributed by atoms with Gasteiger partial charge in [-0.2, -0.15) is 8.75 Å². The maximum atomic E-state index is 6.42. The Balaban J connectivity index is 1.68. The van der Waals surface area contributed by atoms with Crippen LogP contribution in [-0.4, -0.2) is 18.7 Å². The van der Waals surface area contributed by atoms with E-state index in [9.17, 15) is 0 Å². The van der Waals surface area contributed by atoms with Crippen LogP contribution in [0.15, 0.2) is 36.4 Å². The van der Waals surface area contributed by atoms with E-state index in [0.29, 0.717) is 45.0 Å². The molecule has 4 aromatic rings. The molecular weight excluding hydrogens is 415 g/mol. The lowest BCUT2D eigenvalue weighted by Crippen LogP contribution is -2.08.